The summed E-state index contributed by atoms with van der Waals surface area (Å²) >= 11 is 0. The third-order valence-corrected chi connectivity index (χ3v) is 9.02. The summed E-state index contributed by atoms with van der Waals surface area (Å²) in [4.78, 5) is 22.5. The van der Waals surface area contributed by atoms with Crippen molar-refractivity contribution >= 4 is 11.5 Å². The lowest BCUT2D eigenvalue weighted by molar-refractivity contribution is -0.131. The maximum absolute atomic E-state index is 12.6. The zero-order valence-corrected chi connectivity index (χ0v) is 18.5. The van der Waals surface area contributed by atoms with E-state index in [1.54, 1.807) is 6.26 Å². The number of ketones is 1. The maximum atomic E-state index is 12.6. The van der Waals surface area contributed by atoms with Crippen molar-refractivity contribution in [3.63, 3.8) is 0 Å². The highest BCUT2D eigenvalue weighted by Gasteiger charge is 2.58. The molecule has 1 heterocycles. The Balaban J connectivity index is 1.24. The zero-order valence-electron chi connectivity index (χ0n) is 18.5. The van der Waals surface area contributed by atoms with Gasteiger partial charge in [0.1, 0.15) is 18.7 Å². The van der Waals surface area contributed by atoms with Crippen LogP contribution in [0, 0.1) is 41.4 Å². The Hall–Kier alpha value is -1.91. The molecule has 162 valence electrons. The number of aryl methyl sites for hydroxylation is 1. The van der Waals surface area contributed by atoms with E-state index >= 15 is 0 Å². The highest BCUT2D eigenvalue weighted by atomic mass is 16.6. The molecule has 0 N–H and O–H groups in total. The van der Waals surface area contributed by atoms with Gasteiger partial charge in [-0.25, -0.2) is 4.98 Å². The molecule has 5 heteroatoms. The van der Waals surface area contributed by atoms with E-state index in [4.69, 9.17) is 9.25 Å². The van der Waals surface area contributed by atoms with E-state index in [-0.39, 0.29) is 5.41 Å². The quantitative estimate of drug-likeness (QED) is 0.384. The predicted octanol–water partition coefficient (Wildman–Crippen LogP) is 5.29. The van der Waals surface area contributed by atoms with Gasteiger partial charge in [-0.3, -0.25) is 4.79 Å². The van der Waals surface area contributed by atoms with Crippen LogP contribution in [-0.2, 0) is 16.1 Å². The first-order chi connectivity index (χ1) is 14.4. The van der Waals surface area contributed by atoms with E-state index in [1.807, 2.05) is 6.92 Å². The van der Waals surface area contributed by atoms with E-state index in [2.05, 4.69) is 36.1 Å². The van der Waals surface area contributed by atoms with E-state index in [1.165, 1.54) is 18.6 Å². The van der Waals surface area contributed by atoms with E-state index in [0.29, 0.717) is 47.4 Å². The van der Waals surface area contributed by atoms with Crippen LogP contribution in [0.2, 0.25) is 0 Å². The summed E-state index contributed by atoms with van der Waals surface area (Å²) in [5.41, 5.74) is 2.36. The van der Waals surface area contributed by atoms with Gasteiger partial charge in [-0.15, -0.1) is 0 Å². The molecule has 0 saturated heterocycles. The van der Waals surface area contributed by atoms with Crippen LogP contribution in [0.3, 0.4) is 0 Å². The van der Waals surface area contributed by atoms with Gasteiger partial charge in [0.15, 0.2) is 5.89 Å². The number of oxazole rings is 1. The molecule has 1 aromatic heterocycles. The first-order valence-corrected chi connectivity index (χ1v) is 11.7. The molecule has 0 amide bonds. The average Bonchev–Trinajstić information content (AvgIpc) is 3.28. The van der Waals surface area contributed by atoms with Crippen LogP contribution >= 0.6 is 0 Å². The van der Waals surface area contributed by atoms with Gasteiger partial charge in [-0.2, -0.15) is 0 Å². The van der Waals surface area contributed by atoms with Crippen molar-refractivity contribution in [1.29, 1.82) is 0 Å². The van der Waals surface area contributed by atoms with Crippen LogP contribution in [0.25, 0.3) is 0 Å². The molecule has 0 aromatic carbocycles. The Kier molecular flexibility index (Phi) is 4.90. The van der Waals surface area contributed by atoms with E-state index < -0.39 is 0 Å². The number of nitrogens with zero attached hydrogens (tertiary/aromatic N) is 2. The molecule has 1 aromatic rings. The molecule has 4 unspecified atom stereocenters. The molecule has 6 atom stereocenters. The number of rotatable bonds is 4. The number of allylic oxidation sites excluding steroid dienone is 2. The van der Waals surface area contributed by atoms with Crippen molar-refractivity contribution in [3.05, 3.63) is 30.0 Å². The highest BCUT2D eigenvalue weighted by molar-refractivity contribution is 5.87. The second kappa shape index (κ2) is 7.35. The molecule has 3 fully saturated rings. The summed E-state index contributed by atoms with van der Waals surface area (Å²) in [6, 6.07) is 0. The second-order valence-electron chi connectivity index (χ2n) is 10.5. The van der Waals surface area contributed by atoms with Gasteiger partial charge in [-0.05, 0) is 67.6 Å². The summed E-state index contributed by atoms with van der Waals surface area (Å²) in [5, 5.41) is 4.49. The number of oxime groups is 1. The van der Waals surface area contributed by atoms with Crippen LogP contribution in [0.1, 0.15) is 70.4 Å². The third-order valence-electron chi connectivity index (χ3n) is 9.02. The van der Waals surface area contributed by atoms with Crippen molar-refractivity contribution in [3.8, 4) is 0 Å². The lowest BCUT2D eigenvalue weighted by Crippen LogP contribution is -2.51. The number of carbonyl (C=O) groups is 1. The number of hydrogen-bond donors (Lipinski definition) is 0. The summed E-state index contributed by atoms with van der Waals surface area (Å²) in [6.45, 7) is 7.13. The Morgan fingerprint density at radius 1 is 1.20 bits per heavy atom. The van der Waals surface area contributed by atoms with E-state index in [0.717, 1.165) is 44.2 Å². The van der Waals surface area contributed by atoms with Crippen LogP contribution in [0.4, 0.5) is 0 Å². The van der Waals surface area contributed by atoms with Crippen molar-refractivity contribution in [2.45, 2.75) is 72.1 Å². The molecule has 4 aliphatic rings. The minimum Gasteiger partial charge on any atom is -0.449 e. The van der Waals surface area contributed by atoms with Gasteiger partial charge in [-0.1, -0.05) is 31.2 Å². The molecule has 0 radical (unpaired) electrons. The fraction of sp³-hybridized carbons (Fsp3) is 0.720. The molecule has 4 aliphatic carbocycles. The van der Waals surface area contributed by atoms with Crippen molar-refractivity contribution < 1.29 is 14.0 Å². The van der Waals surface area contributed by atoms with E-state index in [9.17, 15) is 4.79 Å². The summed E-state index contributed by atoms with van der Waals surface area (Å²) < 4.78 is 5.23. The van der Waals surface area contributed by atoms with Crippen LogP contribution in [0.15, 0.2) is 28.0 Å². The Morgan fingerprint density at radius 3 is 2.87 bits per heavy atom. The predicted molar refractivity (Wildman–Crippen MR) is 115 cm³/mol. The van der Waals surface area contributed by atoms with Crippen LogP contribution < -0.4 is 0 Å². The number of Topliss-reactive ketones (excluding diaryl/α,β-unsaturated/α-hetero) is 1. The minimum absolute atomic E-state index is 0.0633. The summed E-state index contributed by atoms with van der Waals surface area (Å²) in [5.74, 6) is 3.58. The number of carbonyl (C=O) groups excluding carboxylic acids is 1. The van der Waals surface area contributed by atoms with Gasteiger partial charge in [0.05, 0.1) is 11.4 Å². The highest BCUT2D eigenvalue weighted by Crippen LogP contribution is 2.63. The monoisotopic (exact) mass is 410 g/mol. The standard InChI is InChI=1S/C25H34N2O3/c1-16-26-19(15-29-16)10-13-30-27-18-8-11-24(2)17(14-18)4-5-20-21-6-7-23(28)25(21,3)12-9-22(20)24/h4-5,15,17,20-22H,6-14H2,1-3H3/b27-18-/t17?,20?,21?,22?,24-,25-/m0/s1. The first-order valence-electron chi connectivity index (χ1n) is 11.7. The van der Waals surface area contributed by atoms with Crippen molar-refractivity contribution in [1.82, 2.24) is 4.98 Å². The average molecular weight is 411 g/mol. The van der Waals surface area contributed by atoms with Gasteiger partial charge in [0, 0.05) is 25.2 Å². The lowest BCUT2D eigenvalue weighted by Gasteiger charge is -2.57. The molecule has 30 heavy (non-hydrogen) atoms. The summed E-state index contributed by atoms with van der Waals surface area (Å²) in [7, 11) is 0. The Morgan fingerprint density at radius 2 is 2.07 bits per heavy atom. The molecule has 0 bridgehead atoms. The van der Waals surface area contributed by atoms with Crippen molar-refractivity contribution in [2.75, 3.05) is 6.61 Å². The van der Waals surface area contributed by atoms with Crippen LogP contribution in [0.5, 0.6) is 0 Å². The number of fused-ring (bicyclic) bond motifs is 5. The smallest absolute Gasteiger partial charge is 0.191 e. The maximum Gasteiger partial charge on any atom is 0.191 e. The lowest BCUT2D eigenvalue weighted by atomic mass is 9.47. The fourth-order valence-electron chi connectivity index (χ4n) is 7.10. The van der Waals surface area contributed by atoms with Gasteiger partial charge in [0.2, 0.25) is 0 Å². The largest absolute Gasteiger partial charge is 0.449 e. The van der Waals surface area contributed by atoms with Crippen LogP contribution in [-0.4, -0.2) is 23.1 Å². The number of hydrogen-bond acceptors (Lipinski definition) is 5. The first kappa shape index (κ1) is 20.0. The minimum atomic E-state index is -0.0633. The molecular formula is C25H34N2O3. The molecule has 0 spiro atoms. The third kappa shape index (κ3) is 3.16. The topological polar surface area (TPSA) is 64.7 Å². The van der Waals surface area contributed by atoms with Crippen molar-refractivity contribution in [2.24, 2.45) is 39.7 Å². The fourth-order valence-corrected chi connectivity index (χ4v) is 7.10. The second-order valence-corrected chi connectivity index (χ2v) is 10.5. The molecule has 3 saturated carbocycles. The molecule has 0 aliphatic heterocycles. The van der Waals surface area contributed by atoms with Gasteiger partial charge < -0.3 is 9.25 Å². The number of aromatic nitrogens is 1. The van der Waals surface area contributed by atoms with Gasteiger partial charge >= 0.3 is 0 Å². The molecule has 5 nitrogen and oxygen atoms in total. The SMILES string of the molecule is Cc1nc(CCO/N=C2/CC[C@@]3(C)C(C=CC4C3CC[C@]3(C)C(=O)CCC43)C2)co1. The van der Waals surface area contributed by atoms with Gasteiger partial charge in [0.25, 0.3) is 0 Å². The summed E-state index contributed by atoms with van der Waals surface area (Å²) in [6.07, 6.45) is 14.7. The Bertz CT molecular complexity index is 887. The zero-order chi connectivity index (χ0) is 20.9. The normalized spacial score (nSPS) is 41.4. The molecule has 5 rings (SSSR count). The Labute approximate surface area is 179 Å². The molecular weight excluding hydrogens is 376 g/mol.